The van der Waals surface area contributed by atoms with Crippen LogP contribution in [-0.4, -0.2) is 35.8 Å². The highest BCUT2D eigenvalue weighted by molar-refractivity contribution is 7.80. The van der Waals surface area contributed by atoms with Crippen LogP contribution in [0, 0.1) is 5.92 Å². The molecular formula is C19H25ClN2OS. The van der Waals surface area contributed by atoms with E-state index in [0.717, 1.165) is 54.8 Å². The minimum atomic E-state index is 0.300. The molecule has 1 N–H and O–H groups in total. The Hall–Kier alpha value is -1.10. The summed E-state index contributed by atoms with van der Waals surface area (Å²) in [6.45, 7) is 2.74. The van der Waals surface area contributed by atoms with E-state index in [4.69, 9.17) is 28.6 Å². The minimum absolute atomic E-state index is 0.300. The molecule has 1 saturated heterocycles. The Balaban J connectivity index is 1.63. The van der Waals surface area contributed by atoms with Crippen LogP contribution in [0.1, 0.15) is 32.1 Å². The van der Waals surface area contributed by atoms with Crippen LogP contribution in [0.3, 0.4) is 0 Å². The first kappa shape index (κ1) is 17.7. The summed E-state index contributed by atoms with van der Waals surface area (Å²) in [5, 5.41) is 4.87. The Morgan fingerprint density at radius 1 is 1.21 bits per heavy atom. The summed E-state index contributed by atoms with van der Waals surface area (Å²) in [5.74, 6) is 0.668. The number of hydrogen-bond acceptors (Lipinski definition) is 2. The zero-order valence-electron chi connectivity index (χ0n) is 13.9. The Bertz CT molecular complexity index is 569. The van der Waals surface area contributed by atoms with Gasteiger partial charge in [0.05, 0.1) is 6.10 Å². The molecule has 0 radical (unpaired) electrons. The van der Waals surface area contributed by atoms with E-state index in [0.29, 0.717) is 12.0 Å². The average Bonchev–Trinajstić information content (AvgIpc) is 3.10. The van der Waals surface area contributed by atoms with E-state index in [9.17, 15) is 0 Å². The molecule has 2 aliphatic rings. The van der Waals surface area contributed by atoms with Crippen LogP contribution in [0.4, 0.5) is 5.69 Å². The van der Waals surface area contributed by atoms with Gasteiger partial charge in [-0.3, -0.25) is 0 Å². The number of rotatable bonds is 5. The summed E-state index contributed by atoms with van der Waals surface area (Å²) in [4.78, 5) is 2.30. The first-order valence-electron chi connectivity index (χ1n) is 8.79. The topological polar surface area (TPSA) is 24.5 Å². The second kappa shape index (κ2) is 8.84. The highest BCUT2D eigenvalue weighted by atomic mass is 35.5. The molecule has 1 heterocycles. The van der Waals surface area contributed by atoms with E-state index in [1.807, 2.05) is 24.3 Å². The van der Waals surface area contributed by atoms with Crippen molar-refractivity contribution in [2.75, 3.05) is 25.0 Å². The third kappa shape index (κ3) is 5.20. The van der Waals surface area contributed by atoms with Crippen molar-refractivity contribution in [2.45, 2.75) is 38.2 Å². The van der Waals surface area contributed by atoms with Gasteiger partial charge in [-0.05, 0) is 74.5 Å². The van der Waals surface area contributed by atoms with Gasteiger partial charge in [-0.15, -0.1) is 0 Å². The molecule has 0 bridgehead atoms. The van der Waals surface area contributed by atoms with Crippen molar-refractivity contribution >= 4 is 34.6 Å². The highest BCUT2D eigenvalue weighted by Gasteiger charge is 2.23. The molecule has 0 spiro atoms. The van der Waals surface area contributed by atoms with E-state index >= 15 is 0 Å². The zero-order chi connectivity index (χ0) is 16.8. The Morgan fingerprint density at radius 3 is 2.71 bits per heavy atom. The van der Waals surface area contributed by atoms with E-state index in [1.165, 1.54) is 12.8 Å². The van der Waals surface area contributed by atoms with Crippen molar-refractivity contribution < 1.29 is 4.74 Å². The van der Waals surface area contributed by atoms with Gasteiger partial charge in [0.1, 0.15) is 0 Å². The molecule has 2 unspecified atom stereocenters. The number of allylic oxidation sites excluding steroid dienone is 2. The minimum Gasteiger partial charge on any atom is -0.376 e. The number of hydrogen-bond donors (Lipinski definition) is 1. The molecule has 0 amide bonds. The van der Waals surface area contributed by atoms with Crippen LogP contribution in [0.5, 0.6) is 0 Å². The van der Waals surface area contributed by atoms with E-state index in [2.05, 4.69) is 22.4 Å². The van der Waals surface area contributed by atoms with Gasteiger partial charge >= 0.3 is 0 Å². The van der Waals surface area contributed by atoms with Crippen molar-refractivity contribution in [3.8, 4) is 0 Å². The normalized spacial score (nSPS) is 23.2. The molecule has 3 nitrogen and oxygen atoms in total. The fourth-order valence-corrected chi connectivity index (χ4v) is 3.74. The summed E-state index contributed by atoms with van der Waals surface area (Å²) < 4.78 is 5.83. The Morgan fingerprint density at radius 2 is 2.04 bits per heavy atom. The largest absolute Gasteiger partial charge is 0.376 e. The SMILES string of the molecule is S=C(Nc1ccc(Cl)cc1)N(CC1CC=CCC1)CC1CCCO1. The molecule has 1 fully saturated rings. The standard InChI is InChI=1S/C19H25ClN2OS/c20-16-8-10-17(11-9-16)21-19(24)22(14-18-7-4-12-23-18)13-15-5-2-1-3-6-15/h1-2,8-11,15,18H,3-7,12-14H2,(H,21,24). The third-order valence-corrected chi connectivity index (χ3v) is 5.30. The van der Waals surface area contributed by atoms with Gasteiger partial charge < -0.3 is 15.0 Å². The maximum atomic E-state index is 5.96. The molecule has 0 aromatic heterocycles. The maximum absolute atomic E-state index is 5.96. The first-order chi connectivity index (χ1) is 11.7. The number of thiocarbonyl (C=S) groups is 1. The van der Waals surface area contributed by atoms with Crippen molar-refractivity contribution in [2.24, 2.45) is 5.92 Å². The van der Waals surface area contributed by atoms with Crippen molar-refractivity contribution in [1.82, 2.24) is 4.90 Å². The molecule has 130 valence electrons. The monoisotopic (exact) mass is 364 g/mol. The van der Waals surface area contributed by atoms with Gasteiger partial charge in [0.2, 0.25) is 0 Å². The van der Waals surface area contributed by atoms with Crippen molar-refractivity contribution in [3.63, 3.8) is 0 Å². The predicted octanol–water partition coefficient (Wildman–Crippen LogP) is 4.87. The van der Waals surface area contributed by atoms with Crippen LogP contribution in [0.2, 0.25) is 5.02 Å². The summed E-state index contributed by atoms with van der Waals surface area (Å²) in [6.07, 6.45) is 10.7. The fourth-order valence-electron chi connectivity index (χ4n) is 3.34. The van der Waals surface area contributed by atoms with Gasteiger partial charge in [-0.1, -0.05) is 23.8 Å². The summed E-state index contributed by atoms with van der Waals surface area (Å²) in [7, 11) is 0. The second-order valence-electron chi connectivity index (χ2n) is 6.63. The highest BCUT2D eigenvalue weighted by Crippen LogP contribution is 2.22. The molecule has 0 saturated carbocycles. The van der Waals surface area contributed by atoms with Crippen molar-refractivity contribution in [1.29, 1.82) is 0 Å². The van der Waals surface area contributed by atoms with Crippen molar-refractivity contribution in [3.05, 3.63) is 41.4 Å². The number of benzene rings is 1. The molecule has 24 heavy (non-hydrogen) atoms. The van der Waals surface area contributed by atoms with Gasteiger partial charge in [-0.2, -0.15) is 0 Å². The molecule has 1 aliphatic heterocycles. The van der Waals surface area contributed by atoms with Crippen LogP contribution >= 0.6 is 23.8 Å². The van der Waals surface area contributed by atoms with E-state index < -0.39 is 0 Å². The first-order valence-corrected chi connectivity index (χ1v) is 9.57. The van der Waals surface area contributed by atoms with Gasteiger partial charge in [0, 0.05) is 30.4 Å². The van der Waals surface area contributed by atoms with Gasteiger partial charge in [0.25, 0.3) is 0 Å². The van der Waals surface area contributed by atoms with Gasteiger partial charge in [0.15, 0.2) is 5.11 Å². The molecule has 2 atom stereocenters. The average molecular weight is 365 g/mol. The lowest BCUT2D eigenvalue weighted by Crippen LogP contribution is -2.42. The lowest BCUT2D eigenvalue weighted by Gasteiger charge is -2.32. The van der Waals surface area contributed by atoms with Crippen LogP contribution in [0.15, 0.2) is 36.4 Å². The maximum Gasteiger partial charge on any atom is 0.173 e. The molecule has 1 aromatic rings. The third-order valence-electron chi connectivity index (χ3n) is 4.69. The van der Waals surface area contributed by atoms with Crippen LogP contribution in [0.25, 0.3) is 0 Å². The number of anilines is 1. The summed E-state index contributed by atoms with van der Waals surface area (Å²) in [5.41, 5.74) is 0.977. The van der Waals surface area contributed by atoms with Crippen LogP contribution in [-0.2, 0) is 4.74 Å². The number of nitrogens with zero attached hydrogens (tertiary/aromatic N) is 1. The fraction of sp³-hybridized carbons (Fsp3) is 0.526. The van der Waals surface area contributed by atoms with E-state index in [1.54, 1.807) is 0 Å². The summed E-state index contributed by atoms with van der Waals surface area (Å²) >= 11 is 11.7. The Kier molecular flexibility index (Phi) is 6.52. The number of ether oxygens (including phenoxy) is 1. The second-order valence-corrected chi connectivity index (χ2v) is 7.45. The lowest BCUT2D eigenvalue weighted by atomic mass is 9.94. The smallest absolute Gasteiger partial charge is 0.173 e. The Labute approximate surface area is 155 Å². The molecule has 5 heteroatoms. The number of halogens is 1. The van der Waals surface area contributed by atoms with E-state index in [-0.39, 0.29) is 0 Å². The molecule has 1 aliphatic carbocycles. The summed E-state index contributed by atoms with van der Waals surface area (Å²) in [6, 6.07) is 7.68. The van der Waals surface area contributed by atoms with Gasteiger partial charge in [-0.25, -0.2) is 0 Å². The zero-order valence-corrected chi connectivity index (χ0v) is 15.5. The van der Waals surface area contributed by atoms with Crippen LogP contribution < -0.4 is 5.32 Å². The molecule has 1 aromatic carbocycles. The number of nitrogens with one attached hydrogen (secondary N) is 1. The molecular weight excluding hydrogens is 340 g/mol. The predicted molar refractivity (Wildman–Crippen MR) is 105 cm³/mol. The lowest BCUT2D eigenvalue weighted by molar-refractivity contribution is 0.0882. The molecule has 3 rings (SSSR count). The quantitative estimate of drug-likeness (QED) is 0.594.